The van der Waals surface area contributed by atoms with E-state index in [1.54, 1.807) is 24.2 Å². The molecule has 4 rings (SSSR count). The molecule has 0 nitrogen and oxygen atoms in total. The van der Waals surface area contributed by atoms with Crippen LogP contribution in [0, 0.1) is 0 Å². The Morgan fingerprint density at radius 3 is 2.25 bits per heavy atom. The summed E-state index contributed by atoms with van der Waals surface area (Å²) >= 11 is 1.54. The van der Waals surface area contributed by atoms with Gasteiger partial charge in [0.25, 0.3) is 0 Å². The van der Waals surface area contributed by atoms with Crippen LogP contribution in [0.1, 0.15) is 39.2 Å². The molecule has 1 aliphatic rings. The summed E-state index contributed by atoms with van der Waals surface area (Å²) in [5.74, 6) is 0. The molecule has 0 N–H and O–H groups in total. The molecule has 0 unspecified atom stereocenters. The Bertz CT molecular complexity index is 1030. The van der Waals surface area contributed by atoms with E-state index in [-0.39, 0.29) is 0 Å². The quantitative estimate of drug-likeness (QED) is 0.284. The Labute approximate surface area is 184 Å². The molecule has 0 radical (unpaired) electrons. The van der Waals surface area contributed by atoms with Crippen molar-refractivity contribution in [1.29, 1.82) is 0 Å². The van der Waals surface area contributed by atoms with Crippen LogP contribution in [0.3, 0.4) is 0 Å². The minimum absolute atomic E-state index is 1.06. The van der Waals surface area contributed by atoms with Crippen LogP contribution >= 0.6 is 0 Å². The summed E-state index contributed by atoms with van der Waals surface area (Å²) in [5.41, 5.74) is 4.94. The number of allylic oxidation sites excluding steroid dienone is 6. The second-order valence-corrected chi connectivity index (χ2v) is 8.00. The Morgan fingerprint density at radius 1 is 1.04 bits per heavy atom. The van der Waals surface area contributed by atoms with Crippen LogP contribution in [0.25, 0.3) is 27.1 Å². The first-order chi connectivity index (χ1) is 13.5. The molecular formula is C27H29Zr-. The van der Waals surface area contributed by atoms with Gasteiger partial charge < -0.3 is 0 Å². The average Bonchev–Trinajstić information content (AvgIpc) is 3.36. The molecule has 1 aliphatic carbocycles. The number of rotatable bonds is 3. The Balaban J connectivity index is 0.000000237. The van der Waals surface area contributed by atoms with Gasteiger partial charge in [-0.05, 0) is 20.3 Å². The van der Waals surface area contributed by atoms with Crippen molar-refractivity contribution in [2.24, 2.45) is 0 Å². The van der Waals surface area contributed by atoms with E-state index in [0.717, 1.165) is 17.6 Å². The van der Waals surface area contributed by atoms with E-state index in [2.05, 4.69) is 90.5 Å². The molecule has 3 aromatic carbocycles. The van der Waals surface area contributed by atoms with E-state index < -0.39 is 0 Å². The molecule has 0 aliphatic heterocycles. The van der Waals surface area contributed by atoms with Crippen LogP contribution in [0.2, 0.25) is 0 Å². The van der Waals surface area contributed by atoms with Crippen molar-refractivity contribution in [2.45, 2.75) is 33.6 Å². The summed E-state index contributed by atoms with van der Waals surface area (Å²) in [6.45, 7) is 13.4. The standard InChI is InChI=1S/C18H13.C6H10.C3H6.Zr/c1-2-7-13(6-1)15-10-5-11-17-16-9-4-3-8-14(16)12-18(15)17;1-5(2)6(3)4;1-3-2;/h1-6,8-12H,7H2;1,3H2,2,4H3;1H,3H2,2H3;/q-1;;;. The number of hydrogen-bond donors (Lipinski definition) is 0. The first kappa shape index (κ1) is 22.3. The molecule has 0 atom stereocenters. The zero-order valence-electron chi connectivity index (χ0n) is 17.3. The predicted molar refractivity (Wildman–Crippen MR) is 125 cm³/mol. The van der Waals surface area contributed by atoms with Gasteiger partial charge in [0.15, 0.2) is 0 Å². The summed E-state index contributed by atoms with van der Waals surface area (Å²) in [5, 5.41) is 5.46. The number of benzene rings is 2. The molecule has 0 amide bonds. The second kappa shape index (κ2) is 11.1. The first-order valence-electron chi connectivity index (χ1n) is 9.73. The van der Waals surface area contributed by atoms with Gasteiger partial charge >= 0.3 is 41.3 Å². The molecule has 0 bridgehead atoms. The summed E-state index contributed by atoms with van der Waals surface area (Å²) in [6, 6.07) is 17.6. The Hall–Kier alpha value is -1.98. The Morgan fingerprint density at radius 2 is 1.68 bits per heavy atom. The summed E-state index contributed by atoms with van der Waals surface area (Å²) in [4.78, 5) is 0. The van der Waals surface area contributed by atoms with E-state index >= 15 is 0 Å². The molecule has 28 heavy (non-hydrogen) atoms. The van der Waals surface area contributed by atoms with Gasteiger partial charge in [0.05, 0.1) is 0 Å². The zero-order chi connectivity index (χ0) is 20.5. The third-order valence-corrected chi connectivity index (χ3v) is 5.71. The van der Waals surface area contributed by atoms with Crippen molar-refractivity contribution in [3.05, 3.63) is 96.6 Å². The van der Waals surface area contributed by atoms with Crippen molar-refractivity contribution in [3.63, 3.8) is 0 Å². The summed E-state index contributed by atoms with van der Waals surface area (Å²) in [7, 11) is 0. The van der Waals surface area contributed by atoms with Crippen LogP contribution in [-0.4, -0.2) is 3.71 Å². The predicted octanol–water partition coefficient (Wildman–Crippen LogP) is 7.94. The molecule has 0 heterocycles. The van der Waals surface area contributed by atoms with Crippen molar-refractivity contribution in [3.8, 4) is 0 Å². The normalized spacial score (nSPS) is 11.9. The van der Waals surface area contributed by atoms with Crippen LogP contribution in [0.5, 0.6) is 0 Å². The van der Waals surface area contributed by atoms with E-state index in [9.17, 15) is 0 Å². The van der Waals surface area contributed by atoms with Crippen LogP contribution in [-0.2, 0) is 24.2 Å². The molecule has 0 aromatic heterocycles. The fourth-order valence-electron chi connectivity index (χ4n) is 2.91. The molecular weight excluding hydrogens is 416 g/mol. The summed E-state index contributed by atoms with van der Waals surface area (Å²) in [6.07, 6.45) is 8.89. The molecule has 0 spiro atoms. The Kier molecular flexibility index (Phi) is 8.87. The van der Waals surface area contributed by atoms with Crippen LogP contribution in [0.4, 0.5) is 0 Å². The monoisotopic (exact) mass is 443 g/mol. The van der Waals surface area contributed by atoms with E-state index in [1.165, 1.54) is 39.1 Å². The fraction of sp³-hybridized carbons (Fsp3) is 0.185. The van der Waals surface area contributed by atoms with Gasteiger partial charge in [-0.25, -0.2) is 0 Å². The first-order valence-corrected chi connectivity index (χ1v) is 11.1. The molecule has 0 saturated heterocycles. The van der Waals surface area contributed by atoms with Crippen LogP contribution < -0.4 is 0 Å². The van der Waals surface area contributed by atoms with Crippen molar-refractivity contribution in [1.82, 2.24) is 0 Å². The average molecular weight is 445 g/mol. The molecule has 3 aromatic rings. The van der Waals surface area contributed by atoms with Gasteiger partial charge in [-0.1, -0.05) is 90.1 Å². The van der Waals surface area contributed by atoms with Gasteiger partial charge in [-0.3, -0.25) is 0 Å². The SMILES string of the molecule is C1=CCC(c2cccc3c2[cH-]c2ccccc23)=C1.C=C(C)C(=C)C.CC[CH]=[Zr]. The van der Waals surface area contributed by atoms with Crippen molar-refractivity contribution < 1.29 is 24.2 Å². The van der Waals surface area contributed by atoms with Gasteiger partial charge in [0.2, 0.25) is 0 Å². The maximum absolute atomic E-state index is 3.66. The zero-order valence-corrected chi connectivity index (χ0v) is 19.7. The maximum atomic E-state index is 3.66. The third kappa shape index (κ3) is 5.76. The number of fused-ring (bicyclic) bond motifs is 3. The molecule has 1 heteroatoms. The van der Waals surface area contributed by atoms with Gasteiger partial charge in [-0.2, -0.15) is 0 Å². The molecule has 0 saturated carbocycles. The summed E-state index contributed by atoms with van der Waals surface area (Å²) < 4.78 is 2.22. The minimum atomic E-state index is 1.06. The van der Waals surface area contributed by atoms with E-state index in [1.807, 2.05) is 13.8 Å². The molecule has 0 fully saturated rings. The number of hydrogen-bond acceptors (Lipinski definition) is 0. The van der Waals surface area contributed by atoms with Crippen LogP contribution in [0.15, 0.2) is 91.1 Å². The van der Waals surface area contributed by atoms with Gasteiger partial charge in [0, 0.05) is 0 Å². The van der Waals surface area contributed by atoms with E-state index in [0.29, 0.717) is 0 Å². The van der Waals surface area contributed by atoms with E-state index in [4.69, 9.17) is 0 Å². The van der Waals surface area contributed by atoms with Crippen molar-refractivity contribution in [2.75, 3.05) is 0 Å². The fourth-order valence-corrected chi connectivity index (χ4v) is 2.91. The van der Waals surface area contributed by atoms with Gasteiger partial charge in [-0.15, -0.1) is 33.7 Å². The second-order valence-electron chi connectivity index (χ2n) is 7.00. The topological polar surface area (TPSA) is 0 Å². The van der Waals surface area contributed by atoms with Gasteiger partial charge in [0.1, 0.15) is 0 Å². The third-order valence-electron chi connectivity index (χ3n) is 4.71. The van der Waals surface area contributed by atoms with Crippen molar-refractivity contribution >= 4 is 30.8 Å². The molecule has 142 valence electrons.